The number of piperidine rings is 2. The summed E-state index contributed by atoms with van der Waals surface area (Å²) in [6.07, 6.45) is 5.41. The first-order valence-corrected chi connectivity index (χ1v) is 14.0. The Kier molecular flexibility index (Phi) is 7.96. The molecule has 0 aliphatic carbocycles. The Bertz CT molecular complexity index is 1190. The molecule has 1 aromatic heterocycles. The number of hydrogen-bond donors (Lipinski definition) is 1. The molecule has 0 unspecified atom stereocenters. The van der Waals surface area contributed by atoms with Crippen molar-refractivity contribution < 1.29 is 14.2 Å². The number of benzene rings is 2. The van der Waals surface area contributed by atoms with Gasteiger partial charge in [-0.2, -0.15) is 0 Å². The summed E-state index contributed by atoms with van der Waals surface area (Å²) in [5.74, 6) is 1.87. The van der Waals surface area contributed by atoms with Crippen LogP contribution in [0.4, 0.5) is 5.69 Å². The maximum Gasteiger partial charge on any atom is 0.161 e. The molecule has 200 valence electrons. The van der Waals surface area contributed by atoms with E-state index in [1.165, 1.54) is 48.1 Å². The van der Waals surface area contributed by atoms with Gasteiger partial charge in [0.15, 0.2) is 11.5 Å². The number of anilines is 1. The first kappa shape index (κ1) is 25.9. The lowest BCUT2D eigenvalue weighted by molar-refractivity contribution is -0.0503. The van der Waals surface area contributed by atoms with E-state index in [9.17, 15) is 0 Å². The first-order valence-electron chi connectivity index (χ1n) is 14.0. The van der Waals surface area contributed by atoms with Crippen LogP contribution in [-0.4, -0.2) is 69.0 Å². The number of H-pyrrole nitrogens is 1. The van der Waals surface area contributed by atoms with Crippen molar-refractivity contribution in [3.63, 3.8) is 0 Å². The van der Waals surface area contributed by atoms with Crippen molar-refractivity contribution in [2.45, 2.75) is 64.6 Å². The van der Waals surface area contributed by atoms with Gasteiger partial charge < -0.3 is 29.0 Å². The summed E-state index contributed by atoms with van der Waals surface area (Å²) in [7, 11) is 3.36. The van der Waals surface area contributed by atoms with E-state index in [-0.39, 0.29) is 0 Å². The highest BCUT2D eigenvalue weighted by Gasteiger charge is 2.26. The molecule has 2 aliphatic rings. The molecule has 0 bridgehead atoms. The summed E-state index contributed by atoms with van der Waals surface area (Å²) in [5.41, 5.74) is 6.10. The number of aromatic nitrogens is 1. The Balaban J connectivity index is 1.32. The largest absolute Gasteiger partial charge is 0.493 e. The summed E-state index contributed by atoms with van der Waals surface area (Å²) < 4.78 is 17.6. The van der Waals surface area contributed by atoms with E-state index in [4.69, 9.17) is 14.2 Å². The molecule has 6 heteroatoms. The Morgan fingerprint density at radius 1 is 0.865 bits per heavy atom. The predicted octanol–water partition coefficient (Wildman–Crippen LogP) is 6.45. The van der Waals surface area contributed by atoms with Crippen LogP contribution in [-0.2, 0) is 4.74 Å². The molecular formula is C31H43N3O3. The van der Waals surface area contributed by atoms with Crippen LogP contribution in [0.3, 0.4) is 0 Å². The molecular weight excluding hydrogens is 462 g/mol. The van der Waals surface area contributed by atoms with Gasteiger partial charge in [-0.05, 0) is 80.1 Å². The van der Waals surface area contributed by atoms with Gasteiger partial charge in [-0.3, -0.25) is 0 Å². The maximum atomic E-state index is 6.54. The molecule has 0 spiro atoms. The van der Waals surface area contributed by atoms with Crippen LogP contribution in [0.5, 0.6) is 11.5 Å². The minimum Gasteiger partial charge on any atom is -0.493 e. The number of rotatable bonds is 8. The predicted molar refractivity (Wildman–Crippen MR) is 152 cm³/mol. The van der Waals surface area contributed by atoms with E-state index in [0.29, 0.717) is 18.1 Å². The van der Waals surface area contributed by atoms with Crippen molar-refractivity contribution in [3.8, 4) is 22.8 Å². The van der Waals surface area contributed by atoms with Gasteiger partial charge in [0.25, 0.3) is 0 Å². The van der Waals surface area contributed by atoms with Crippen molar-refractivity contribution in [1.82, 2.24) is 9.88 Å². The van der Waals surface area contributed by atoms with Crippen LogP contribution in [0.2, 0.25) is 0 Å². The summed E-state index contributed by atoms with van der Waals surface area (Å²) >= 11 is 0. The fraction of sp³-hybridized carbons (Fsp3) is 0.548. The van der Waals surface area contributed by atoms with Crippen LogP contribution < -0.4 is 14.4 Å². The summed E-state index contributed by atoms with van der Waals surface area (Å²) in [4.78, 5) is 8.77. The summed E-state index contributed by atoms with van der Waals surface area (Å²) in [5, 5.41) is 1.30. The van der Waals surface area contributed by atoms with Gasteiger partial charge in [0, 0.05) is 48.3 Å². The molecule has 2 aliphatic heterocycles. The maximum absolute atomic E-state index is 6.54. The zero-order chi connectivity index (χ0) is 25.9. The zero-order valence-corrected chi connectivity index (χ0v) is 23.2. The van der Waals surface area contributed by atoms with Crippen molar-refractivity contribution in [2.75, 3.05) is 51.8 Å². The lowest BCUT2D eigenvalue weighted by atomic mass is 9.95. The minimum atomic E-state index is 0.380. The van der Waals surface area contributed by atoms with E-state index in [1.54, 1.807) is 14.2 Å². The fourth-order valence-corrected chi connectivity index (χ4v) is 6.10. The topological polar surface area (TPSA) is 50.0 Å². The van der Waals surface area contributed by atoms with Crippen LogP contribution >= 0.6 is 0 Å². The number of ether oxygens (including phenoxy) is 3. The van der Waals surface area contributed by atoms with E-state index in [2.05, 4.69) is 65.9 Å². The van der Waals surface area contributed by atoms with E-state index in [1.807, 2.05) is 6.07 Å². The highest BCUT2D eigenvalue weighted by Crippen LogP contribution is 2.40. The van der Waals surface area contributed by atoms with Gasteiger partial charge in [-0.15, -0.1) is 0 Å². The molecule has 3 heterocycles. The summed E-state index contributed by atoms with van der Waals surface area (Å²) in [6, 6.07) is 13.0. The number of hydrogen-bond acceptors (Lipinski definition) is 5. The second-order valence-corrected chi connectivity index (χ2v) is 10.8. The molecule has 5 rings (SSSR count). The van der Waals surface area contributed by atoms with Crippen molar-refractivity contribution >= 4 is 16.6 Å². The monoisotopic (exact) mass is 505 g/mol. The van der Waals surface area contributed by atoms with E-state index >= 15 is 0 Å². The third-order valence-corrected chi connectivity index (χ3v) is 8.25. The van der Waals surface area contributed by atoms with Gasteiger partial charge in [0.1, 0.15) is 0 Å². The standard InChI is InChI=1S/C31H43N3O3/c1-6-33-15-11-24(12-16-33)37-25-13-17-34(18-14-25)23-8-9-27-26(20-23)30(21(2)3)31(32-27)22-7-10-28(35-4)29(19-22)36-5/h7-10,19-21,24-25,32H,6,11-18H2,1-5H3. The molecule has 0 amide bonds. The Morgan fingerprint density at radius 3 is 2.16 bits per heavy atom. The molecule has 2 saturated heterocycles. The lowest BCUT2D eigenvalue weighted by Crippen LogP contribution is -2.42. The van der Waals surface area contributed by atoms with Crippen LogP contribution in [0.1, 0.15) is 57.9 Å². The molecule has 37 heavy (non-hydrogen) atoms. The Hall–Kier alpha value is -2.70. The number of nitrogens with one attached hydrogen (secondary N) is 1. The van der Waals surface area contributed by atoms with Gasteiger partial charge >= 0.3 is 0 Å². The van der Waals surface area contributed by atoms with Crippen LogP contribution in [0.15, 0.2) is 36.4 Å². The fourth-order valence-electron chi connectivity index (χ4n) is 6.10. The smallest absolute Gasteiger partial charge is 0.161 e. The number of nitrogens with zero attached hydrogens (tertiary/aromatic N) is 2. The van der Waals surface area contributed by atoms with E-state index in [0.717, 1.165) is 55.2 Å². The molecule has 2 aromatic carbocycles. The first-order chi connectivity index (χ1) is 18.0. The highest BCUT2D eigenvalue weighted by atomic mass is 16.5. The average molecular weight is 506 g/mol. The third kappa shape index (κ3) is 5.46. The SMILES string of the molecule is CCN1CCC(OC2CCN(c3ccc4[nH]c(-c5ccc(OC)c(OC)c5)c(C(C)C)c4c3)CC2)CC1. The molecule has 1 N–H and O–H groups in total. The number of methoxy groups -OCH3 is 2. The van der Waals surface area contributed by atoms with Crippen molar-refractivity contribution in [1.29, 1.82) is 0 Å². The van der Waals surface area contributed by atoms with Gasteiger partial charge in [-0.1, -0.05) is 20.8 Å². The summed E-state index contributed by atoms with van der Waals surface area (Å²) in [6.45, 7) is 12.4. The van der Waals surface area contributed by atoms with Crippen LogP contribution in [0, 0.1) is 0 Å². The number of fused-ring (bicyclic) bond motifs is 1. The van der Waals surface area contributed by atoms with Gasteiger partial charge in [0.2, 0.25) is 0 Å². The second kappa shape index (κ2) is 11.4. The Labute approximate surface area is 221 Å². The van der Waals surface area contributed by atoms with Crippen molar-refractivity contribution in [2.24, 2.45) is 0 Å². The van der Waals surface area contributed by atoms with Crippen molar-refractivity contribution in [3.05, 3.63) is 42.0 Å². The zero-order valence-electron chi connectivity index (χ0n) is 23.2. The number of aromatic amines is 1. The molecule has 2 fully saturated rings. The molecule has 0 radical (unpaired) electrons. The average Bonchev–Trinajstić information content (AvgIpc) is 3.32. The molecule has 3 aromatic rings. The van der Waals surface area contributed by atoms with E-state index < -0.39 is 0 Å². The lowest BCUT2D eigenvalue weighted by Gasteiger charge is -2.37. The second-order valence-electron chi connectivity index (χ2n) is 10.8. The molecule has 0 atom stereocenters. The van der Waals surface area contributed by atoms with Gasteiger partial charge in [0.05, 0.1) is 32.1 Å². The van der Waals surface area contributed by atoms with Crippen LogP contribution in [0.25, 0.3) is 22.2 Å². The normalized spacial score (nSPS) is 18.2. The Morgan fingerprint density at radius 2 is 1.54 bits per heavy atom. The number of likely N-dealkylation sites (tertiary alicyclic amines) is 1. The third-order valence-electron chi connectivity index (χ3n) is 8.25. The quantitative estimate of drug-likeness (QED) is 0.382. The molecule has 0 saturated carbocycles. The minimum absolute atomic E-state index is 0.380. The molecule has 6 nitrogen and oxygen atoms in total. The van der Waals surface area contributed by atoms with Gasteiger partial charge in [-0.25, -0.2) is 0 Å². The highest BCUT2D eigenvalue weighted by molar-refractivity contribution is 5.93.